The number of hydrogen-bond donors (Lipinski definition) is 1. The monoisotopic (exact) mass is 269 g/mol. The summed E-state index contributed by atoms with van der Waals surface area (Å²) in [6.07, 6.45) is -0.696. The van der Waals surface area contributed by atoms with E-state index in [-0.39, 0.29) is 11.3 Å². The van der Waals surface area contributed by atoms with E-state index in [9.17, 15) is 9.59 Å². The van der Waals surface area contributed by atoms with Crippen molar-refractivity contribution >= 4 is 11.7 Å². The lowest BCUT2D eigenvalue weighted by Crippen LogP contribution is -2.25. The first-order chi connectivity index (χ1) is 9.59. The van der Waals surface area contributed by atoms with Crippen molar-refractivity contribution in [2.75, 3.05) is 0 Å². The molecule has 4 nitrogen and oxygen atoms in total. The van der Waals surface area contributed by atoms with Crippen LogP contribution in [-0.4, -0.2) is 17.8 Å². The molecule has 2 rings (SSSR count). The number of hydrogen-bond acceptors (Lipinski definition) is 3. The van der Waals surface area contributed by atoms with Gasteiger partial charge in [0.05, 0.1) is 5.56 Å². The fraction of sp³-hybridized carbons (Fsp3) is 0.125. The van der Waals surface area contributed by atoms with Crippen LogP contribution in [0.25, 0.3) is 0 Å². The van der Waals surface area contributed by atoms with E-state index in [1.54, 1.807) is 55.5 Å². The highest BCUT2D eigenvalue weighted by atomic mass is 16.5. The van der Waals surface area contributed by atoms with Gasteiger partial charge in [-0.3, -0.25) is 9.59 Å². The molecule has 0 aliphatic heterocycles. The molecule has 2 aromatic rings. The molecule has 20 heavy (non-hydrogen) atoms. The van der Waals surface area contributed by atoms with Crippen LogP contribution in [0.4, 0.5) is 0 Å². The molecule has 2 aromatic carbocycles. The van der Waals surface area contributed by atoms with Crippen LogP contribution < -0.4 is 10.5 Å². The van der Waals surface area contributed by atoms with E-state index >= 15 is 0 Å². The zero-order chi connectivity index (χ0) is 14.5. The summed E-state index contributed by atoms with van der Waals surface area (Å²) in [5, 5.41) is 0. The van der Waals surface area contributed by atoms with Gasteiger partial charge < -0.3 is 10.5 Å². The lowest BCUT2D eigenvalue weighted by Gasteiger charge is -2.15. The number of amides is 1. The molecule has 0 aliphatic carbocycles. The molecule has 0 fully saturated rings. The van der Waals surface area contributed by atoms with E-state index in [0.717, 1.165) is 0 Å². The van der Waals surface area contributed by atoms with Crippen molar-refractivity contribution < 1.29 is 14.3 Å². The minimum Gasteiger partial charge on any atom is -0.482 e. The number of para-hydroxylation sites is 1. The fourth-order valence-corrected chi connectivity index (χ4v) is 1.85. The molecule has 0 spiro atoms. The Morgan fingerprint density at radius 2 is 1.60 bits per heavy atom. The molecule has 1 atom stereocenters. The number of carbonyl (C=O) groups excluding carboxylic acids is 2. The average Bonchev–Trinajstić information content (AvgIpc) is 2.47. The van der Waals surface area contributed by atoms with Crippen LogP contribution in [0.3, 0.4) is 0 Å². The Labute approximate surface area is 117 Å². The lowest BCUT2D eigenvalue weighted by atomic mass is 10.1. The maximum atomic E-state index is 12.2. The molecule has 0 saturated heterocycles. The third-order valence-electron chi connectivity index (χ3n) is 2.88. The predicted molar refractivity (Wildman–Crippen MR) is 75.8 cm³/mol. The van der Waals surface area contributed by atoms with Gasteiger partial charge in [0.15, 0.2) is 6.10 Å². The first kappa shape index (κ1) is 13.8. The van der Waals surface area contributed by atoms with Gasteiger partial charge in [-0.2, -0.15) is 0 Å². The number of carbonyl (C=O) groups is 2. The van der Waals surface area contributed by atoms with Gasteiger partial charge in [-0.15, -0.1) is 0 Å². The van der Waals surface area contributed by atoms with Crippen molar-refractivity contribution in [2.24, 2.45) is 5.73 Å². The largest absolute Gasteiger partial charge is 0.482 e. The fourth-order valence-electron chi connectivity index (χ4n) is 1.85. The second kappa shape index (κ2) is 6.02. The Morgan fingerprint density at radius 3 is 2.25 bits per heavy atom. The summed E-state index contributed by atoms with van der Waals surface area (Å²) in [7, 11) is 0. The minimum absolute atomic E-state index is 0.148. The van der Waals surface area contributed by atoms with Gasteiger partial charge in [-0.1, -0.05) is 42.5 Å². The maximum Gasteiger partial charge on any atom is 0.252 e. The summed E-state index contributed by atoms with van der Waals surface area (Å²) in [5.41, 5.74) is 6.10. The molecule has 0 saturated carbocycles. The molecule has 2 N–H and O–H groups in total. The van der Waals surface area contributed by atoms with Crippen molar-refractivity contribution in [2.45, 2.75) is 13.0 Å². The van der Waals surface area contributed by atoms with E-state index in [4.69, 9.17) is 10.5 Å². The Kier molecular flexibility index (Phi) is 4.15. The molecular formula is C16H15NO3. The van der Waals surface area contributed by atoms with Crippen molar-refractivity contribution in [1.82, 2.24) is 0 Å². The number of rotatable bonds is 5. The van der Waals surface area contributed by atoms with Crippen LogP contribution in [0, 0.1) is 0 Å². The van der Waals surface area contributed by atoms with Gasteiger partial charge in [-0.05, 0) is 19.1 Å². The molecular weight excluding hydrogens is 254 g/mol. The first-order valence-corrected chi connectivity index (χ1v) is 6.24. The Hall–Kier alpha value is -2.62. The summed E-state index contributed by atoms with van der Waals surface area (Å²) >= 11 is 0. The number of ketones is 1. The van der Waals surface area contributed by atoms with Crippen LogP contribution >= 0.6 is 0 Å². The summed E-state index contributed by atoms with van der Waals surface area (Å²) in [5.74, 6) is -0.415. The van der Waals surface area contributed by atoms with Gasteiger partial charge in [0.2, 0.25) is 5.78 Å². The van der Waals surface area contributed by atoms with Crippen molar-refractivity contribution in [3.8, 4) is 5.75 Å². The molecule has 1 unspecified atom stereocenters. The van der Waals surface area contributed by atoms with Gasteiger partial charge in [0.1, 0.15) is 5.75 Å². The highest BCUT2D eigenvalue weighted by molar-refractivity contribution is 6.00. The number of benzene rings is 2. The standard InChI is InChI=1S/C16H15NO3/c1-11(15(18)12-7-3-2-4-8-12)20-14-10-6-5-9-13(14)16(17)19/h2-11H,1H3,(H2,17,19). The highest BCUT2D eigenvalue weighted by Crippen LogP contribution is 2.20. The SMILES string of the molecule is CC(Oc1ccccc1C(N)=O)C(=O)c1ccccc1. The van der Waals surface area contributed by atoms with Gasteiger partial charge >= 0.3 is 0 Å². The van der Waals surface area contributed by atoms with Crippen molar-refractivity contribution in [3.63, 3.8) is 0 Å². The molecule has 4 heteroatoms. The Morgan fingerprint density at radius 1 is 1.00 bits per heavy atom. The molecule has 0 aliphatic rings. The second-order valence-electron chi connectivity index (χ2n) is 4.35. The number of ether oxygens (including phenoxy) is 1. The topological polar surface area (TPSA) is 69.4 Å². The average molecular weight is 269 g/mol. The van der Waals surface area contributed by atoms with E-state index in [1.807, 2.05) is 6.07 Å². The summed E-state index contributed by atoms with van der Waals surface area (Å²) < 4.78 is 5.57. The van der Waals surface area contributed by atoms with Crippen molar-refractivity contribution in [3.05, 3.63) is 65.7 Å². The summed E-state index contributed by atoms with van der Waals surface area (Å²) in [6.45, 7) is 1.65. The Bertz CT molecular complexity index is 623. The lowest BCUT2D eigenvalue weighted by molar-refractivity contribution is 0.0811. The van der Waals surface area contributed by atoms with E-state index < -0.39 is 12.0 Å². The molecule has 0 bridgehead atoms. The third kappa shape index (κ3) is 3.03. The maximum absolute atomic E-state index is 12.2. The highest BCUT2D eigenvalue weighted by Gasteiger charge is 2.18. The minimum atomic E-state index is -0.696. The molecule has 0 radical (unpaired) electrons. The third-order valence-corrected chi connectivity index (χ3v) is 2.88. The zero-order valence-electron chi connectivity index (χ0n) is 11.1. The molecule has 1 amide bonds. The number of Topliss-reactive ketones (excluding diaryl/α,β-unsaturated/α-hetero) is 1. The van der Waals surface area contributed by atoms with Crippen molar-refractivity contribution in [1.29, 1.82) is 0 Å². The van der Waals surface area contributed by atoms with Gasteiger partial charge in [-0.25, -0.2) is 0 Å². The van der Waals surface area contributed by atoms with Crippen LogP contribution in [0.1, 0.15) is 27.6 Å². The summed E-state index contributed by atoms with van der Waals surface area (Å²) in [6, 6.07) is 15.5. The van der Waals surface area contributed by atoms with Crippen LogP contribution in [0.5, 0.6) is 5.75 Å². The predicted octanol–water partition coefficient (Wildman–Crippen LogP) is 2.44. The van der Waals surface area contributed by atoms with Crippen LogP contribution in [0.15, 0.2) is 54.6 Å². The van der Waals surface area contributed by atoms with E-state index in [2.05, 4.69) is 0 Å². The van der Waals surface area contributed by atoms with Gasteiger partial charge in [0.25, 0.3) is 5.91 Å². The molecule has 0 heterocycles. The van der Waals surface area contributed by atoms with E-state index in [1.165, 1.54) is 0 Å². The Balaban J connectivity index is 2.18. The smallest absolute Gasteiger partial charge is 0.252 e. The second-order valence-corrected chi connectivity index (χ2v) is 4.35. The zero-order valence-corrected chi connectivity index (χ0v) is 11.1. The quantitative estimate of drug-likeness (QED) is 0.847. The van der Waals surface area contributed by atoms with Gasteiger partial charge in [0, 0.05) is 5.56 Å². The normalized spacial score (nSPS) is 11.7. The van der Waals surface area contributed by atoms with Crippen LogP contribution in [-0.2, 0) is 0 Å². The van der Waals surface area contributed by atoms with Crippen LogP contribution in [0.2, 0.25) is 0 Å². The molecule has 0 aromatic heterocycles. The number of primary amides is 1. The summed E-state index contributed by atoms with van der Waals surface area (Å²) in [4.78, 5) is 23.5. The number of nitrogens with two attached hydrogens (primary N) is 1. The van der Waals surface area contributed by atoms with E-state index in [0.29, 0.717) is 11.3 Å². The first-order valence-electron chi connectivity index (χ1n) is 6.24. The molecule has 102 valence electrons.